The molecule has 1 aliphatic carbocycles. The number of hydrogen-bond acceptors (Lipinski definition) is 2. The van der Waals surface area contributed by atoms with Crippen molar-refractivity contribution in [3.63, 3.8) is 0 Å². The predicted molar refractivity (Wildman–Crippen MR) is 85.6 cm³/mol. The van der Waals surface area contributed by atoms with Crippen LogP contribution in [0.5, 0.6) is 0 Å². The molecule has 0 amide bonds. The minimum atomic E-state index is -0.242. The van der Waals surface area contributed by atoms with Crippen molar-refractivity contribution in [1.82, 2.24) is 9.47 Å². The molecule has 0 saturated carbocycles. The number of hydrogen-bond donors (Lipinski definition) is 1. The van der Waals surface area contributed by atoms with Gasteiger partial charge in [-0.25, -0.2) is 0 Å². The number of aromatic nitrogens is 1. The zero-order valence-corrected chi connectivity index (χ0v) is 13.0. The largest absolute Gasteiger partial charge is 0.392 e. The summed E-state index contributed by atoms with van der Waals surface area (Å²) in [7, 11) is 0. The van der Waals surface area contributed by atoms with Crippen LogP contribution in [0.3, 0.4) is 0 Å². The molecule has 2 heterocycles. The molecule has 4 rings (SSSR count). The summed E-state index contributed by atoms with van der Waals surface area (Å²) in [6.07, 6.45) is 3.46. The van der Waals surface area contributed by atoms with Crippen LogP contribution in [0.1, 0.15) is 42.6 Å². The zero-order chi connectivity index (χ0) is 14.6. The van der Waals surface area contributed by atoms with Gasteiger partial charge in [0.15, 0.2) is 0 Å². The van der Waals surface area contributed by atoms with E-state index in [0.29, 0.717) is 6.04 Å². The van der Waals surface area contributed by atoms with E-state index < -0.39 is 0 Å². The van der Waals surface area contributed by atoms with Gasteiger partial charge in [-0.15, -0.1) is 0 Å². The number of nitrogens with zero attached hydrogens (tertiary/aromatic N) is 2. The van der Waals surface area contributed by atoms with Gasteiger partial charge in [-0.3, -0.25) is 4.90 Å². The summed E-state index contributed by atoms with van der Waals surface area (Å²) in [5, 5.41) is 11.2. The van der Waals surface area contributed by atoms with E-state index in [-0.39, 0.29) is 6.10 Å². The topological polar surface area (TPSA) is 28.4 Å². The van der Waals surface area contributed by atoms with E-state index in [9.17, 15) is 5.11 Å². The van der Waals surface area contributed by atoms with Crippen LogP contribution in [0.4, 0.5) is 0 Å². The first-order chi connectivity index (χ1) is 10.1. The maximum Gasteiger partial charge on any atom is 0.0639 e. The summed E-state index contributed by atoms with van der Waals surface area (Å²) >= 11 is 0. The highest BCUT2D eigenvalue weighted by atomic mass is 16.3. The molecular formula is C18H24N2O. The molecule has 3 nitrogen and oxygen atoms in total. The molecule has 2 aromatic rings. The zero-order valence-electron chi connectivity index (χ0n) is 13.0. The molecule has 1 aliphatic heterocycles. The average molecular weight is 284 g/mol. The second kappa shape index (κ2) is 4.85. The number of benzene rings is 1. The van der Waals surface area contributed by atoms with Gasteiger partial charge in [0.05, 0.1) is 12.1 Å². The van der Waals surface area contributed by atoms with Gasteiger partial charge in [-0.05, 0) is 50.8 Å². The molecule has 21 heavy (non-hydrogen) atoms. The number of aliphatic hydroxyl groups is 1. The van der Waals surface area contributed by atoms with Crippen LogP contribution in [0, 0.1) is 6.92 Å². The first-order valence-electron chi connectivity index (χ1n) is 8.19. The molecular weight excluding hydrogens is 260 g/mol. The van der Waals surface area contributed by atoms with E-state index >= 15 is 0 Å². The maximum atomic E-state index is 9.78. The smallest absolute Gasteiger partial charge is 0.0639 e. The Labute approximate surface area is 126 Å². The summed E-state index contributed by atoms with van der Waals surface area (Å²) in [5.41, 5.74) is 5.87. The number of aliphatic hydroxyl groups excluding tert-OH is 1. The lowest BCUT2D eigenvalue weighted by molar-refractivity contribution is 0.0731. The Hall–Kier alpha value is -1.32. The van der Waals surface area contributed by atoms with Gasteiger partial charge in [0.2, 0.25) is 0 Å². The lowest BCUT2D eigenvalue weighted by Crippen LogP contribution is -2.42. The second-order valence-electron chi connectivity index (χ2n) is 6.79. The molecule has 3 heteroatoms. The molecule has 0 unspecified atom stereocenters. The van der Waals surface area contributed by atoms with Crippen molar-refractivity contribution in [3.05, 3.63) is 35.0 Å². The standard InChI is InChI=1S/C18H24N2O/c1-12-6-7-16-15(10-12)14-4-3-5-17-18(14)20(16)9-8-19(17)11-13(2)21/h6-7,10,13,17,21H,3-5,8-9,11H2,1-2H3/t13-,17-/m1/s1. The molecule has 1 aromatic carbocycles. The summed E-state index contributed by atoms with van der Waals surface area (Å²) in [6, 6.07) is 7.39. The Morgan fingerprint density at radius 2 is 2.19 bits per heavy atom. The third-order valence-electron chi connectivity index (χ3n) is 5.14. The molecule has 0 bridgehead atoms. The third-order valence-corrected chi connectivity index (χ3v) is 5.14. The van der Waals surface area contributed by atoms with Gasteiger partial charge in [-0.2, -0.15) is 0 Å². The Kier molecular flexibility index (Phi) is 3.09. The number of rotatable bonds is 2. The van der Waals surface area contributed by atoms with Crippen molar-refractivity contribution in [2.45, 2.75) is 51.8 Å². The van der Waals surface area contributed by atoms with Crippen molar-refractivity contribution in [1.29, 1.82) is 0 Å². The van der Waals surface area contributed by atoms with Crippen LogP contribution in [0.2, 0.25) is 0 Å². The maximum absolute atomic E-state index is 9.78. The SMILES string of the molecule is Cc1ccc2c(c1)c1c3n2CCN(C[C@@H](C)O)[C@@H]3CCC1. The molecule has 2 atom stereocenters. The highest BCUT2D eigenvalue weighted by Crippen LogP contribution is 2.42. The van der Waals surface area contributed by atoms with E-state index in [2.05, 4.69) is 34.6 Å². The van der Waals surface area contributed by atoms with Crippen LogP contribution in [-0.2, 0) is 13.0 Å². The number of fused-ring (bicyclic) bond motifs is 3. The minimum Gasteiger partial charge on any atom is -0.392 e. The minimum absolute atomic E-state index is 0.242. The van der Waals surface area contributed by atoms with E-state index in [1.54, 1.807) is 5.56 Å². The fourth-order valence-electron chi connectivity index (χ4n) is 4.35. The highest BCUT2D eigenvalue weighted by molar-refractivity contribution is 5.87. The molecule has 2 aliphatic rings. The molecule has 0 spiro atoms. The fraction of sp³-hybridized carbons (Fsp3) is 0.556. The Morgan fingerprint density at radius 1 is 1.33 bits per heavy atom. The van der Waals surface area contributed by atoms with E-state index in [4.69, 9.17) is 0 Å². The van der Waals surface area contributed by atoms with Gasteiger partial charge < -0.3 is 9.67 Å². The highest BCUT2D eigenvalue weighted by Gasteiger charge is 2.34. The molecule has 1 aromatic heterocycles. The lowest BCUT2D eigenvalue weighted by Gasteiger charge is -2.40. The third kappa shape index (κ3) is 2.02. The van der Waals surface area contributed by atoms with Gasteiger partial charge in [0.1, 0.15) is 0 Å². The van der Waals surface area contributed by atoms with Crippen LogP contribution in [0.15, 0.2) is 18.2 Å². The van der Waals surface area contributed by atoms with Crippen molar-refractivity contribution in [2.24, 2.45) is 0 Å². The summed E-state index contributed by atoms with van der Waals surface area (Å²) in [5.74, 6) is 0. The molecule has 112 valence electrons. The summed E-state index contributed by atoms with van der Waals surface area (Å²) in [4.78, 5) is 2.49. The van der Waals surface area contributed by atoms with Crippen LogP contribution >= 0.6 is 0 Å². The van der Waals surface area contributed by atoms with Crippen LogP contribution in [-0.4, -0.2) is 33.8 Å². The lowest BCUT2D eigenvalue weighted by atomic mass is 9.89. The van der Waals surface area contributed by atoms with Crippen molar-refractivity contribution in [3.8, 4) is 0 Å². The monoisotopic (exact) mass is 284 g/mol. The fourth-order valence-corrected chi connectivity index (χ4v) is 4.35. The summed E-state index contributed by atoms with van der Waals surface area (Å²) < 4.78 is 2.55. The van der Waals surface area contributed by atoms with Gasteiger partial charge in [0.25, 0.3) is 0 Å². The molecule has 0 radical (unpaired) electrons. The average Bonchev–Trinajstić information content (AvgIpc) is 2.77. The molecule has 0 saturated heterocycles. The Bertz CT molecular complexity index is 686. The first-order valence-corrected chi connectivity index (χ1v) is 8.19. The molecule has 0 fully saturated rings. The number of β-amino-alcohol motifs (C(OH)–C–C–N with tert-alkyl or cyclic N) is 1. The van der Waals surface area contributed by atoms with E-state index in [1.807, 2.05) is 6.92 Å². The van der Waals surface area contributed by atoms with E-state index in [0.717, 1.165) is 19.6 Å². The second-order valence-corrected chi connectivity index (χ2v) is 6.79. The Balaban J connectivity index is 1.88. The van der Waals surface area contributed by atoms with E-state index in [1.165, 1.54) is 41.4 Å². The predicted octanol–water partition coefficient (Wildman–Crippen LogP) is 3.02. The van der Waals surface area contributed by atoms with Gasteiger partial charge in [-0.1, -0.05) is 11.6 Å². The van der Waals surface area contributed by atoms with Crippen molar-refractivity contribution < 1.29 is 5.11 Å². The van der Waals surface area contributed by atoms with Crippen molar-refractivity contribution >= 4 is 10.9 Å². The first kappa shape index (κ1) is 13.4. The van der Waals surface area contributed by atoms with Gasteiger partial charge in [0, 0.05) is 36.2 Å². The number of aryl methyl sites for hydroxylation is 2. The van der Waals surface area contributed by atoms with Crippen molar-refractivity contribution in [2.75, 3.05) is 13.1 Å². The Morgan fingerprint density at radius 3 is 3.00 bits per heavy atom. The molecule has 1 N–H and O–H groups in total. The summed E-state index contributed by atoms with van der Waals surface area (Å²) in [6.45, 7) is 6.99. The quantitative estimate of drug-likeness (QED) is 0.918. The normalized spacial score (nSPS) is 23.3. The van der Waals surface area contributed by atoms with Crippen LogP contribution in [0.25, 0.3) is 10.9 Å². The van der Waals surface area contributed by atoms with Gasteiger partial charge >= 0.3 is 0 Å². The van der Waals surface area contributed by atoms with Crippen LogP contribution < -0.4 is 0 Å².